The van der Waals surface area contributed by atoms with E-state index in [9.17, 15) is 18.8 Å². The third-order valence-electron chi connectivity index (χ3n) is 6.89. The van der Waals surface area contributed by atoms with Crippen molar-refractivity contribution < 1.29 is 27.9 Å². The van der Waals surface area contributed by atoms with Gasteiger partial charge in [-0.3, -0.25) is 14.4 Å². The van der Waals surface area contributed by atoms with Crippen molar-refractivity contribution in [1.82, 2.24) is 10.3 Å². The van der Waals surface area contributed by atoms with E-state index in [-0.39, 0.29) is 18.1 Å². The number of nitrogens with one attached hydrogen (secondary N) is 2. The molecule has 0 radical (unpaired) electrons. The molecule has 8 heteroatoms. The van der Waals surface area contributed by atoms with Gasteiger partial charge in [-0.05, 0) is 61.9 Å². The van der Waals surface area contributed by atoms with Crippen molar-refractivity contribution >= 4 is 39.5 Å². The zero-order valence-corrected chi connectivity index (χ0v) is 22.0. The standard InChI is InChI=1S/C31H27FN2O5/c1-31(2,30(37)38-4)16-24(35)19-7-5-6-18(14-19)22-15-23-25(29(36)33-3)27(17-8-10-20(32)11-9-17)39-28(23)21-12-13-34-26(21)22/h5-15,34H,16H2,1-4H3,(H,33,36). The molecule has 0 unspecified atom stereocenters. The molecular formula is C31H27FN2O5. The number of carbonyl (C=O) groups excluding carboxylic acids is 3. The summed E-state index contributed by atoms with van der Waals surface area (Å²) in [6, 6.07) is 16.6. The Kier molecular flexibility index (Phi) is 6.56. The lowest BCUT2D eigenvalue weighted by molar-refractivity contribution is -0.150. The topological polar surface area (TPSA) is 101 Å². The highest BCUT2D eigenvalue weighted by atomic mass is 19.1. The van der Waals surface area contributed by atoms with E-state index in [0.29, 0.717) is 33.4 Å². The van der Waals surface area contributed by atoms with E-state index in [1.807, 2.05) is 18.2 Å². The third kappa shape index (κ3) is 4.58. The number of H-pyrrole nitrogens is 1. The Morgan fingerprint density at radius 1 is 1.00 bits per heavy atom. The molecule has 2 heterocycles. The van der Waals surface area contributed by atoms with Gasteiger partial charge in [-0.1, -0.05) is 18.2 Å². The van der Waals surface area contributed by atoms with Gasteiger partial charge in [0.05, 0.1) is 23.6 Å². The minimum Gasteiger partial charge on any atom is -0.469 e. The second-order valence-electron chi connectivity index (χ2n) is 10.0. The third-order valence-corrected chi connectivity index (χ3v) is 6.89. The van der Waals surface area contributed by atoms with Crippen LogP contribution in [0.4, 0.5) is 4.39 Å². The first kappa shape index (κ1) is 25.9. The SMILES string of the molecule is CNC(=O)c1c(-c2ccc(F)cc2)oc2c1cc(-c1cccc(C(=O)CC(C)(C)C(=O)OC)c1)c1[nH]ccc12. The van der Waals surface area contributed by atoms with Crippen molar-refractivity contribution in [2.75, 3.05) is 14.2 Å². The van der Waals surface area contributed by atoms with E-state index in [0.717, 1.165) is 22.0 Å². The number of carbonyl (C=O) groups is 3. The number of aromatic nitrogens is 1. The number of rotatable bonds is 7. The van der Waals surface area contributed by atoms with Crippen LogP contribution in [0.15, 0.2) is 71.3 Å². The number of methoxy groups -OCH3 is 1. The maximum Gasteiger partial charge on any atom is 0.311 e. The van der Waals surface area contributed by atoms with Gasteiger partial charge in [-0.2, -0.15) is 0 Å². The van der Waals surface area contributed by atoms with Crippen LogP contribution >= 0.6 is 0 Å². The van der Waals surface area contributed by atoms with Crippen molar-refractivity contribution in [3.63, 3.8) is 0 Å². The molecule has 2 N–H and O–H groups in total. The molecule has 0 bridgehead atoms. The average molecular weight is 527 g/mol. The first-order chi connectivity index (χ1) is 18.6. The highest BCUT2D eigenvalue weighted by molar-refractivity contribution is 6.19. The lowest BCUT2D eigenvalue weighted by atomic mass is 9.85. The maximum absolute atomic E-state index is 13.6. The summed E-state index contributed by atoms with van der Waals surface area (Å²) < 4.78 is 24.7. The highest BCUT2D eigenvalue weighted by Gasteiger charge is 2.32. The smallest absolute Gasteiger partial charge is 0.311 e. The Labute approximate surface area is 224 Å². The van der Waals surface area contributed by atoms with Crippen molar-refractivity contribution in [2.45, 2.75) is 20.3 Å². The summed E-state index contributed by atoms with van der Waals surface area (Å²) in [6.45, 7) is 3.35. The Hall–Kier alpha value is -4.72. The van der Waals surface area contributed by atoms with Crippen LogP contribution in [0.3, 0.4) is 0 Å². The molecule has 0 atom stereocenters. The molecule has 198 valence electrons. The van der Waals surface area contributed by atoms with Crippen molar-refractivity contribution in [3.8, 4) is 22.5 Å². The van der Waals surface area contributed by atoms with Crippen molar-refractivity contribution in [3.05, 3.63) is 83.8 Å². The molecule has 5 aromatic rings. The van der Waals surface area contributed by atoms with E-state index < -0.39 is 17.2 Å². The Bertz CT molecular complexity index is 1740. The quantitative estimate of drug-likeness (QED) is 0.186. The van der Waals surface area contributed by atoms with Crippen LogP contribution in [-0.4, -0.2) is 36.8 Å². The number of amides is 1. The number of hydrogen-bond acceptors (Lipinski definition) is 5. The Morgan fingerprint density at radius 3 is 2.44 bits per heavy atom. The summed E-state index contributed by atoms with van der Waals surface area (Å²) in [4.78, 5) is 41.6. The fraction of sp³-hybridized carbons (Fsp3) is 0.194. The first-order valence-electron chi connectivity index (χ1n) is 12.4. The number of aromatic amines is 1. The van der Waals surface area contributed by atoms with Gasteiger partial charge in [0.25, 0.3) is 5.91 Å². The predicted octanol–water partition coefficient (Wildman–Crippen LogP) is 6.52. The average Bonchev–Trinajstić information content (AvgIpc) is 3.57. The molecule has 1 amide bonds. The summed E-state index contributed by atoms with van der Waals surface area (Å²) in [5.74, 6) is -1.05. The first-order valence-corrected chi connectivity index (χ1v) is 12.4. The largest absolute Gasteiger partial charge is 0.469 e. The van der Waals surface area contributed by atoms with Crippen LogP contribution in [0.1, 0.15) is 41.0 Å². The molecule has 0 aliphatic rings. The van der Waals surface area contributed by atoms with Gasteiger partial charge in [-0.15, -0.1) is 0 Å². The lowest BCUT2D eigenvalue weighted by Gasteiger charge is -2.20. The summed E-state index contributed by atoms with van der Waals surface area (Å²) in [6.07, 6.45) is 1.77. The number of ether oxygens (including phenoxy) is 1. The van der Waals surface area contributed by atoms with E-state index in [1.165, 1.54) is 26.3 Å². The van der Waals surface area contributed by atoms with Crippen LogP contribution in [-0.2, 0) is 9.53 Å². The number of esters is 1. The minimum absolute atomic E-state index is 0.0103. The molecule has 0 aliphatic carbocycles. The summed E-state index contributed by atoms with van der Waals surface area (Å²) >= 11 is 0. The van der Waals surface area contributed by atoms with Crippen LogP contribution in [0.25, 0.3) is 44.3 Å². The van der Waals surface area contributed by atoms with Crippen molar-refractivity contribution in [1.29, 1.82) is 0 Å². The van der Waals surface area contributed by atoms with E-state index in [4.69, 9.17) is 9.15 Å². The van der Waals surface area contributed by atoms with Gasteiger partial charge in [0.15, 0.2) is 5.78 Å². The second kappa shape index (κ2) is 9.87. The van der Waals surface area contributed by atoms with E-state index >= 15 is 0 Å². The fourth-order valence-electron chi connectivity index (χ4n) is 4.87. The fourth-order valence-corrected chi connectivity index (χ4v) is 4.87. The normalized spacial score (nSPS) is 11.6. The molecule has 0 saturated carbocycles. The summed E-state index contributed by atoms with van der Waals surface area (Å²) in [5.41, 5.74) is 3.18. The van der Waals surface area contributed by atoms with Gasteiger partial charge in [0.1, 0.15) is 17.2 Å². The number of hydrogen-bond donors (Lipinski definition) is 2. The van der Waals surface area contributed by atoms with Crippen LogP contribution < -0.4 is 5.32 Å². The molecular weight excluding hydrogens is 499 g/mol. The van der Waals surface area contributed by atoms with Gasteiger partial charge in [-0.25, -0.2) is 4.39 Å². The van der Waals surface area contributed by atoms with Crippen LogP contribution in [0, 0.1) is 11.2 Å². The van der Waals surface area contributed by atoms with E-state index in [2.05, 4.69) is 10.3 Å². The van der Waals surface area contributed by atoms with Crippen LogP contribution in [0.2, 0.25) is 0 Å². The lowest BCUT2D eigenvalue weighted by Crippen LogP contribution is -2.28. The summed E-state index contributed by atoms with van der Waals surface area (Å²) in [7, 11) is 2.84. The van der Waals surface area contributed by atoms with Gasteiger partial charge < -0.3 is 19.5 Å². The molecule has 0 aliphatic heterocycles. The van der Waals surface area contributed by atoms with Crippen molar-refractivity contribution in [2.24, 2.45) is 5.41 Å². The number of halogens is 1. The molecule has 39 heavy (non-hydrogen) atoms. The summed E-state index contributed by atoms with van der Waals surface area (Å²) in [5, 5.41) is 4.02. The minimum atomic E-state index is -0.969. The zero-order valence-electron chi connectivity index (χ0n) is 22.0. The second-order valence-corrected chi connectivity index (χ2v) is 10.0. The number of furan rings is 1. The molecule has 2 aromatic heterocycles. The zero-order chi connectivity index (χ0) is 27.9. The Balaban J connectivity index is 1.68. The van der Waals surface area contributed by atoms with E-state index in [1.54, 1.807) is 50.4 Å². The predicted molar refractivity (Wildman–Crippen MR) is 147 cm³/mol. The highest BCUT2D eigenvalue weighted by Crippen LogP contribution is 2.41. The molecule has 0 saturated heterocycles. The molecule has 0 fully saturated rings. The van der Waals surface area contributed by atoms with Gasteiger partial charge in [0.2, 0.25) is 0 Å². The molecule has 5 rings (SSSR count). The number of ketones is 1. The van der Waals surface area contributed by atoms with Gasteiger partial charge in [0, 0.05) is 47.1 Å². The van der Waals surface area contributed by atoms with Gasteiger partial charge >= 0.3 is 5.97 Å². The molecule has 7 nitrogen and oxygen atoms in total. The monoisotopic (exact) mass is 526 g/mol. The number of benzene rings is 3. The molecule has 3 aromatic carbocycles. The Morgan fingerprint density at radius 2 is 1.74 bits per heavy atom. The molecule has 0 spiro atoms. The maximum atomic E-state index is 13.6. The number of Topliss-reactive ketones (excluding diaryl/α,β-unsaturated/α-hetero) is 1. The van der Waals surface area contributed by atoms with Crippen LogP contribution in [0.5, 0.6) is 0 Å². The number of fused-ring (bicyclic) bond motifs is 3.